The van der Waals surface area contributed by atoms with E-state index in [0.717, 1.165) is 41.6 Å². The maximum Gasteiger partial charge on any atom is 0.417 e. The number of alkyl halides is 3. The number of aliphatic hydroxyl groups excluding tert-OH is 1. The van der Waals surface area contributed by atoms with Gasteiger partial charge in [-0.2, -0.15) is 13.2 Å². The van der Waals surface area contributed by atoms with Crippen LogP contribution in [0.25, 0.3) is 39.4 Å². The molecule has 0 saturated carbocycles. The van der Waals surface area contributed by atoms with Gasteiger partial charge in [0.15, 0.2) is 6.10 Å². The fourth-order valence-electron chi connectivity index (χ4n) is 8.59. The molecule has 8 bridgehead atoms. The summed E-state index contributed by atoms with van der Waals surface area (Å²) in [4.78, 5) is 60.2. The summed E-state index contributed by atoms with van der Waals surface area (Å²) in [6, 6.07) is 3.83. The van der Waals surface area contributed by atoms with E-state index in [0.29, 0.717) is 87.2 Å². The Balaban J connectivity index is 1.82. The van der Waals surface area contributed by atoms with Gasteiger partial charge in [0.25, 0.3) is 11.8 Å². The molecule has 0 radical (unpaired) electrons. The summed E-state index contributed by atoms with van der Waals surface area (Å²) in [5.74, 6) is -2.41. The van der Waals surface area contributed by atoms with E-state index in [2.05, 4.69) is 16.9 Å². The lowest BCUT2D eigenvalue weighted by atomic mass is 9.83. The zero-order valence-corrected chi connectivity index (χ0v) is 34.0. The van der Waals surface area contributed by atoms with Gasteiger partial charge in [0.1, 0.15) is 0 Å². The molecule has 6 heterocycles. The molecule has 6 rings (SSSR count). The lowest BCUT2D eigenvalue weighted by Gasteiger charge is -2.27. The Morgan fingerprint density at radius 1 is 0.930 bits per heavy atom. The van der Waals surface area contributed by atoms with Crippen LogP contribution in [0, 0.1) is 6.92 Å². The van der Waals surface area contributed by atoms with Gasteiger partial charge in [-0.1, -0.05) is 53.0 Å². The van der Waals surface area contributed by atoms with Gasteiger partial charge < -0.3 is 19.8 Å². The minimum Gasteiger partial charge on any atom is -0.469 e. The van der Waals surface area contributed by atoms with E-state index in [1.54, 1.807) is 0 Å². The number of carbonyl (C=O) groups is 3. The average molecular weight is 788 g/mol. The number of ether oxygens (including phenoxy) is 1. The standard InChI is InChI=1S/C44H52F3N5O5/c1-9-12-13-14-19-52-42(55)36-25(7)31-21-32-26(10-2)22(4)30(48-32)20-33-27(11-3)23(5)38(50-33)29(15-17-34(53)44(45,46)47)39-24(6)28(16-18-35(54)57-8)40(51-39)37(43(52)56)41(36)49-31/h15,17,20-21,24,28,34,49,51,53H,9-14,16,18-19H2,1-8H3/b17-15+,32-21?,33-20?,39-29?,40-37?/t24-,28-,34?/m0/s1. The van der Waals surface area contributed by atoms with Crippen molar-refractivity contribution in [3.63, 3.8) is 0 Å². The number of aromatic amines is 2. The van der Waals surface area contributed by atoms with Crippen molar-refractivity contribution < 1.29 is 37.4 Å². The molecule has 3 N–H and O–H groups in total. The van der Waals surface area contributed by atoms with Crippen molar-refractivity contribution in [3.8, 4) is 0 Å². The molecule has 0 fully saturated rings. The number of nitrogens with one attached hydrogen (secondary N) is 2. The van der Waals surface area contributed by atoms with Crippen LogP contribution in [-0.2, 0) is 9.53 Å². The number of amides is 2. The number of aliphatic hydroxyl groups is 1. The number of unbranched alkanes of at least 4 members (excludes halogenated alkanes) is 3. The Labute approximate surface area is 331 Å². The van der Waals surface area contributed by atoms with Crippen LogP contribution in [0.1, 0.15) is 171 Å². The molecule has 0 saturated heterocycles. The highest BCUT2D eigenvalue weighted by molar-refractivity contribution is 6.23. The van der Waals surface area contributed by atoms with Crippen LogP contribution < -0.4 is 0 Å². The number of aryl methyl sites for hydroxylation is 1. The maximum atomic E-state index is 14.9. The fraction of sp³-hybridized carbons (Fsp3) is 0.477. The molecule has 57 heavy (non-hydrogen) atoms. The zero-order valence-electron chi connectivity index (χ0n) is 34.0. The van der Waals surface area contributed by atoms with E-state index >= 15 is 0 Å². The van der Waals surface area contributed by atoms with Crippen LogP contribution in [0.4, 0.5) is 13.2 Å². The summed E-state index contributed by atoms with van der Waals surface area (Å²) >= 11 is 0. The average Bonchev–Trinajstić information content (AvgIpc) is 3.86. The molecule has 0 spiro atoms. The van der Waals surface area contributed by atoms with Gasteiger partial charge in [0.2, 0.25) is 0 Å². The molecule has 1 unspecified atom stereocenters. The quantitative estimate of drug-likeness (QED) is 0.110. The molecular formula is C44H52F3N5O5. The first-order valence-electron chi connectivity index (χ1n) is 19.9. The summed E-state index contributed by atoms with van der Waals surface area (Å²) in [7, 11) is 1.29. The van der Waals surface area contributed by atoms with Gasteiger partial charge in [-0.3, -0.25) is 19.3 Å². The SMILES string of the molecule is CCCCCCN1C(=O)c2c3[nH]c(c(/C=C/C(O)C(F)(F)F)c4nc(cc5nc(cc6[nH]c2c(c6C)C1=O)C(CC)=C5C)C(CC)=C4C)[C@@H](C)[C@@H]3CCC(=O)OC. The van der Waals surface area contributed by atoms with Crippen molar-refractivity contribution in [1.29, 1.82) is 0 Å². The highest BCUT2D eigenvalue weighted by Gasteiger charge is 2.41. The van der Waals surface area contributed by atoms with Gasteiger partial charge in [0, 0.05) is 47.3 Å². The van der Waals surface area contributed by atoms with E-state index in [9.17, 15) is 32.7 Å². The van der Waals surface area contributed by atoms with Crippen LogP contribution in [-0.4, -0.2) is 73.7 Å². The molecule has 4 aliphatic heterocycles. The first-order chi connectivity index (χ1) is 27.1. The molecule has 10 nitrogen and oxygen atoms in total. The number of rotatable bonds is 12. The van der Waals surface area contributed by atoms with Crippen molar-refractivity contribution in [2.45, 2.75) is 124 Å². The molecule has 2 aromatic rings. The second kappa shape index (κ2) is 16.4. The third-order valence-electron chi connectivity index (χ3n) is 11.9. The minimum absolute atomic E-state index is 0.00460. The Morgan fingerprint density at radius 2 is 1.60 bits per heavy atom. The van der Waals surface area contributed by atoms with Crippen molar-refractivity contribution >= 4 is 57.2 Å². The van der Waals surface area contributed by atoms with Gasteiger partial charge in [-0.05, 0) is 92.5 Å². The Morgan fingerprint density at radius 3 is 2.25 bits per heavy atom. The van der Waals surface area contributed by atoms with Gasteiger partial charge in [-0.15, -0.1) is 0 Å². The first kappa shape index (κ1) is 41.6. The predicted octanol–water partition coefficient (Wildman–Crippen LogP) is 9.98. The number of carbonyl (C=O) groups excluding carboxylic acids is 3. The third kappa shape index (κ3) is 7.58. The first-order valence-corrected chi connectivity index (χ1v) is 19.9. The smallest absolute Gasteiger partial charge is 0.417 e. The molecule has 0 aliphatic carbocycles. The minimum atomic E-state index is -4.92. The Hall–Kier alpha value is -5.04. The molecule has 304 valence electrons. The number of halogens is 3. The molecule has 3 atom stereocenters. The van der Waals surface area contributed by atoms with Crippen LogP contribution in [0.15, 0.2) is 18.2 Å². The number of methoxy groups -OCH3 is 1. The van der Waals surface area contributed by atoms with Gasteiger partial charge >= 0.3 is 12.1 Å². The second-order valence-electron chi connectivity index (χ2n) is 15.3. The van der Waals surface area contributed by atoms with E-state index in [-0.39, 0.29) is 24.9 Å². The predicted molar refractivity (Wildman–Crippen MR) is 216 cm³/mol. The number of nitrogens with zero attached hydrogens (tertiary/aromatic N) is 3. The van der Waals surface area contributed by atoms with Crippen molar-refractivity contribution in [2.75, 3.05) is 13.7 Å². The van der Waals surface area contributed by atoms with E-state index in [1.165, 1.54) is 18.1 Å². The van der Waals surface area contributed by atoms with E-state index in [4.69, 9.17) is 14.7 Å². The molecular weight excluding hydrogens is 736 g/mol. The summed E-state index contributed by atoms with van der Waals surface area (Å²) in [5, 5.41) is 10.2. The summed E-state index contributed by atoms with van der Waals surface area (Å²) in [5.41, 5.74) is 9.42. The number of aromatic nitrogens is 4. The summed E-state index contributed by atoms with van der Waals surface area (Å²) in [6.07, 6.45) is -0.901. The van der Waals surface area contributed by atoms with Crippen LogP contribution in [0.3, 0.4) is 0 Å². The topological polar surface area (TPSA) is 141 Å². The number of H-pyrrole nitrogens is 2. The summed E-state index contributed by atoms with van der Waals surface area (Å²) in [6.45, 7) is 13.9. The zero-order chi connectivity index (χ0) is 41.5. The van der Waals surface area contributed by atoms with E-state index in [1.807, 2.05) is 53.7 Å². The third-order valence-corrected chi connectivity index (χ3v) is 11.9. The largest absolute Gasteiger partial charge is 0.469 e. The molecule has 13 heteroatoms. The molecule has 2 aromatic heterocycles. The number of imide groups is 1. The van der Waals surface area contributed by atoms with Gasteiger partial charge in [-0.25, -0.2) is 9.97 Å². The number of hydrogen-bond donors (Lipinski definition) is 3. The van der Waals surface area contributed by atoms with Gasteiger partial charge in [0.05, 0.1) is 46.5 Å². The fourth-order valence-corrected chi connectivity index (χ4v) is 8.59. The highest BCUT2D eigenvalue weighted by atomic mass is 19.4. The van der Waals surface area contributed by atoms with Crippen molar-refractivity contribution in [2.24, 2.45) is 0 Å². The van der Waals surface area contributed by atoms with Crippen LogP contribution in [0.5, 0.6) is 0 Å². The van der Waals surface area contributed by atoms with Crippen molar-refractivity contribution in [3.05, 3.63) is 74.6 Å². The normalized spacial score (nSPS) is 18.3. The summed E-state index contributed by atoms with van der Waals surface area (Å²) < 4.78 is 46.3. The number of fused-ring (bicyclic) bond motifs is 8. The number of esters is 1. The molecule has 2 amide bonds. The highest BCUT2D eigenvalue weighted by Crippen LogP contribution is 2.47. The number of allylic oxidation sites excluding steroid dienone is 4. The maximum absolute atomic E-state index is 14.9. The lowest BCUT2D eigenvalue weighted by molar-refractivity contribution is -0.187. The Bertz CT molecular complexity index is 2290. The van der Waals surface area contributed by atoms with E-state index < -0.39 is 41.9 Å². The van der Waals surface area contributed by atoms with Crippen molar-refractivity contribution in [1.82, 2.24) is 24.8 Å². The number of hydrogen-bond acceptors (Lipinski definition) is 7. The van der Waals surface area contributed by atoms with Crippen LogP contribution >= 0.6 is 0 Å². The second-order valence-corrected chi connectivity index (χ2v) is 15.3. The molecule has 0 aromatic carbocycles. The van der Waals surface area contributed by atoms with Crippen LogP contribution in [0.2, 0.25) is 0 Å². The monoisotopic (exact) mass is 787 g/mol. The Kier molecular flexibility index (Phi) is 12.0. The lowest BCUT2D eigenvalue weighted by Crippen LogP contribution is -2.41. The molecule has 4 aliphatic rings.